The molecule has 0 aliphatic heterocycles. The van der Waals surface area contributed by atoms with Crippen LogP contribution >= 0.6 is 0 Å². The Labute approximate surface area is 342 Å². The molecule has 0 N–H and O–H groups in total. The van der Waals surface area contributed by atoms with E-state index in [9.17, 15) is 0 Å². The van der Waals surface area contributed by atoms with Crippen LogP contribution in [0.4, 0.5) is 17.1 Å². The number of aromatic nitrogens is 1. The molecule has 2 aromatic heterocycles. The molecular formula is C56H38N2O. The molecule has 0 aliphatic carbocycles. The molecule has 59 heavy (non-hydrogen) atoms. The minimum atomic E-state index is 0.875. The van der Waals surface area contributed by atoms with Crippen molar-refractivity contribution in [1.29, 1.82) is 0 Å². The summed E-state index contributed by atoms with van der Waals surface area (Å²) in [6.45, 7) is 8.12. The monoisotopic (exact) mass is 754 g/mol. The summed E-state index contributed by atoms with van der Waals surface area (Å²) in [6, 6.07) is 69.7. The summed E-state index contributed by atoms with van der Waals surface area (Å²) >= 11 is 0. The molecule has 0 aliphatic rings. The molecule has 3 heteroatoms. The van der Waals surface area contributed by atoms with E-state index < -0.39 is 0 Å². The number of benzene rings is 9. The molecule has 0 bridgehead atoms. The van der Waals surface area contributed by atoms with Gasteiger partial charge in [0.25, 0.3) is 0 Å². The summed E-state index contributed by atoms with van der Waals surface area (Å²) in [4.78, 5) is 2.43. The fourth-order valence-corrected chi connectivity index (χ4v) is 8.96. The lowest BCUT2D eigenvalue weighted by Gasteiger charge is -2.30. The predicted octanol–water partition coefficient (Wildman–Crippen LogP) is 15.9. The van der Waals surface area contributed by atoms with E-state index >= 15 is 0 Å². The van der Waals surface area contributed by atoms with Gasteiger partial charge in [0.05, 0.1) is 28.1 Å². The van der Waals surface area contributed by atoms with Crippen molar-refractivity contribution in [2.45, 2.75) is 0 Å². The van der Waals surface area contributed by atoms with E-state index in [4.69, 9.17) is 4.42 Å². The highest BCUT2D eigenvalue weighted by Gasteiger charge is 2.23. The van der Waals surface area contributed by atoms with Crippen molar-refractivity contribution < 1.29 is 4.42 Å². The summed E-state index contributed by atoms with van der Waals surface area (Å²) in [7, 11) is 0. The number of hydrogen-bond donors (Lipinski definition) is 0. The Kier molecular flexibility index (Phi) is 8.13. The van der Waals surface area contributed by atoms with E-state index in [1.807, 2.05) is 12.2 Å². The Morgan fingerprint density at radius 3 is 1.90 bits per heavy atom. The van der Waals surface area contributed by atoms with Gasteiger partial charge in [0.2, 0.25) is 0 Å². The Morgan fingerprint density at radius 2 is 1.10 bits per heavy atom. The van der Waals surface area contributed by atoms with Crippen molar-refractivity contribution in [2.24, 2.45) is 0 Å². The van der Waals surface area contributed by atoms with Crippen molar-refractivity contribution in [1.82, 2.24) is 4.57 Å². The van der Waals surface area contributed by atoms with E-state index in [1.165, 1.54) is 16.2 Å². The second-order valence-corrected chi connectivity index (χ2v) is 15.0. The molecule has 0 amide bonds. The topological polar surface area (TPSA) is 21.3 Å². The van der Waals surface area contributed by atoms with Crippen LogP contribution in [0.3, 0.4) is 0 Å². The van der Waals surface area contributed by atoms with Crippen molar-refractivity contribution in [3.63, 3.8) is 0 Å². The quantitative estimate of drug-likeness (QED) is 0.154. The molecule has 0 saturated carbocycles. The maximum absolute atomic E-state index is 6.56. The Bertz CT molecular complexity index is 3400. The number of fused-ring (bicyclic) bond motifs is 8. The second-order valence-electron chi connectivity index (χ2n) is 15.0. The zero-order valence-electron chi connectivity index (χ0n) is 32.3. The minimum absolute atomic E-state index is 0.875. The predicted molar refractivity (Wildman–Crippen MR) is 251 cm³/mol. The first-order chi connectivity index (χ1) is 29.2. The molecule has 9 aromatic carbocycles. The van der Waals surface area contributed by atoms with Gasteiger partial charge in [0.15, 0.2) is 0 Å². The first kappa shape index (κ1) is 34.4. The second kappa shape index (κ2) is 13.9. The molecule has 2 heterocycles. The highest BCUT2D eigenvalue weighted by atomic mass is 16.3. The van der Waals surface area contributed by atoms with Gasteiger partial charge < -0.3 is 13.9 Å². The van der Waals surface area contributed by atoms with Gasteiger partial charge in [-0.1, -0.05) is 153 Å². The van der Waals surface area contributed by atoms with Gasteiger partial charge in [0, 0.05) is 38.2 Å². The molecule has 0 saturated heterocycles. The van der Waals surface area contributed by atoms with Crippen LogP contribution < -0.4 is 4.90 Å². The lowest BCUT2D eigenvalue weighted by Crippen LogP contribution is -2.14. The lowest BCUT2D eigenvalue weighted by molar-refractivity contribution is 0.672. The summed E-state index contributed by atoms with van der Waals surface area (Å²) in [6.07, 6.45) is 3.78. The standard InChI is InChI=1S/C56H38N2O/c1-3-37-28-29-41(34-38(37)4-2)40-17-15-18-43(35-40)57(53-26-13-14-27-54(53)58-51-24-11-8-21-46(51)47-22-9-12-25-52(47)58)50-23-10-7-19-44(50)42-31-33-55-49(36-42)48-32-30-39-16-5-6-20-45(39)56(48)59-55/h3-36H,1-2H2. The lowest BCUT2D eigenvalue weighted by atomic mass is 9.97. The zero-order chi connectivity index (χ0) is 39.5. The van der Waals surface area contributed by atoms with Crippen LogP contribution in [-0.2, 0) is 0 Å². The van der Waals surface area contributed by atoms with Crippen molar-refractivity contribution in [2.75, 3.05) is 4.90 Å². The van der Waals surface area contributed by atoms with E-state index in [0.717, 1.165) is 94.5 Å². The molecule has 0 atom stereocenters. The Hall–Kier alpha value is -7.88. The minimum Gasteiger partial charge on any atom is -0.455 e. The molecular weight excluding hydrogens is 717 g/mol. The fourth-order valence-electron chi connectivity index (χ4n) is 8.96. The van der Waals surface area contributed by atoms with Crippen LogP contribution in [-0.4, -0.2) is 4.57 Å². The maximum atomic E-state index is 6.56. The zero-order valence-corrected chi connectivity index (χ0v) is 32.3. The van der Waals surface area contributed by atoms with E-state index in [2.05, 4.69) is 217 Å². The van der Waals surface area contributed by atoms with E-state index in [1.54, 1.807) is 0 Å². The smallest absolute Gasteiger partial charge is 0.143 e. The highest BCUT2D eigenvalue weighted by Crippen LogP contribution is 2.46. The SMILES string of the molecule is C=Cc1ccc(-c2cccc(N(c3ccccc3-c3ccc4oc5c6ccccc6ccc5c4c3)c3ccccc3-n3c4ccccc4c4ccccc43)c2)cc1C=C. The number of hydrogen-bond acceptors (Lipinski definition) is 2. The average molecular weight is 755 g/mol. The molecule has 0 unspecified atom stereocenters. The molecule has 0 radical (unpaired) electrons. The van der Waals surface area contributed by atoms with Crippen LogP contribution in [0.5, 0.6) is 0 Å². The molecule has 11 rings (SSSR count). The number of rotatable bonds is 8. The van der Waals surface area contributed by atoms with Gasteiger partial charge >= 0.3 is 0 Å². The van der Waals surface area contributed by atoms with Gasteiger partial charge in [-0.05, 0) is 99.9 Å². The third-order valence-electron chi connectivity index (χ3n) is 11.7. The largest absolute Gasteiger partial charge is 0.455 e. The van der Waals surface area contributed by atoms with Crippen LogP contribution in [0.15, 0.2) is 212 Å². The fraction of sp³-hybridized carbons (Fsp3) is 0. The summed E-state index contributed by atoms with van der Waals surface area (Å²) in [5.74, 6) is 0. The van der Waals surface area contributed by atoms with Gasteiger partial charge in [-0.2, -0.15) is 0 Å². The van der Waals surface area contributed by atoms with Gasteiger partial charge in [-0.15, -0.1) is 0 Å². The first-order valence-electron chi connectivity index (χ1n) is 20.0. The number of anilines is 3. The van der Waals surface area contributed by atoms with Crippen LogP contribution in [0.2, 0.25) is 0 Å². The molecule has 0 spiro atoms. The Balaban J connectivity index is 1.16. The summed E-state index contributed by atoms with van der Waals surface area (Å²) < 4.78 is 8.98. The summed E-state index contributed by atoms with van der Waals surface area (Å²) in [5, 5.41) is 6.94. The molecule has 11 aromatic rings. The van der Waals surface area contributed by atoms with Gasteiger partial charge in [-0.25, -0.2) is 0 Å². The normalized spacial score (nSPS) is 11.5. The maximum Gasteiger partial charge on any atom is 0.143 e. The van der Waals surface area contributed by atoms with E-state index in [0.29, 0.717) is 0 Å². The number of furan rings is 1. The van der Waals surface area contributed by atoms with Crippen LogP contribution in [0, 0.1) is 0 Å². The Morgan fingerprint density at radius 1 is 0.441 bits per heavy atom. The van der Waals surface area contributed by atoms with Crippen molar-refractivity contribution in [3.05, 3.63) is 218 Å². The highest BCUT2D eigenvalue weighted by molar-refractivity contribution is 6.16. The average Bonchev–Trinajstić information content (AvgIpc) is 3.85. The van der Waals surface area contributed by atoms with Gasteiger partial charge in [0.1, 0.15) is 11.2 Å². The van der Waals surface area contributed by atoms with Crippen molar-refractivity contribution >= 4 is 83.7 Å². The molecule has 3 nitrogen and oxygen atoms in total. The number of para-hydroxylation sites is 5. The third-order valence-corrected chi connectivity index (χ3v) is 11.7. The third kappa shape index (κ3) is 5.59. The number of nitrogens with zero attached hydrogens (tertiary/aromatic N) is 2. The summed E-state index contributed by atoms with van der Waals surface area (Å²) in [5.41, 5.74) is 14.9. The molecule has 278 valence electrons. The molecule has 0 fully saturated rings. The van der Waals surface area contributed by atoms with E-state index in [-0.39, 0.29) is 0 Å². The van der Waals surface area contributed by atoms with Crippen LogP contribution in [0.25, 0.3) is 94.6 Å². The first-order valence-corrected chi connectivity index (χ1v) is 20.0. The van der Waals surface area contributed by atoms with Crippen LogP contribution in [0.1, 0.15) is 11.1 Å². The van der Waals surface area contributed by atoms with Gasteiger partial charge in [-0.3, -0.25) is 0 Å². The van der Waals surface area contributed by atoms with Crippen molar-refractivity contribution in [3.8, 4) is 27.9 Å².